The Morgan fingerprint density at radius 3 is 2.77 bits per heavy atom. The molecule has 1 aliphatic heterocycles. The molecule has 0 bridgehead atoms. The molecule has 0 saturated heterocycles. The Labute approximate surface area is 156 Å². The summed E-state index contributed by atoms with van der Waals surface area (Å²) >= 11 is 1.65. The lowest BCUT2D eigenvalue weighted by Gasteiger charge is -2.26. The molecular formula is C20H19N3O2S. The molecule has 2 aromatic heterocycles. The van der Waals surface area contributed by atoms with Gasteiger partial charge in [0, 0.05) is 16.8 Å². The predicted molar refractivity (Wildman–Crippen MR) is 102 cm³/mol. The minimum absolute atomic E-state index is 0.00457. The highest BCUT2D eigenvalue weighted by molar-refractivity contribution is 7.09. The van der Waals surface area contributed by atoms with Crippen LogP contribution in [-0.4, -0.2) is 22.4 Å². The van der Waals surface area contributed by atoms with Crippen LogP contribution < -0.4 is 10.1 Å². The van der Waals surface area contributed by atoms with Gasteiger partial charge in [-0.05, 0) is 54.8 Å². The van der Waals surface area contributed by atoms with Crippen molar-refractivity contribution >= 4 is 22.9 Å². The number of thiophene rings is 1. The van der Waals surface area contributed by atoms with E-state index in [1.54, 1.807) is 23.6 Å². The summed E-state index contributed by atoms with van der Waals surface area (Å²) < 4.78 is 5.49. The predicted octanol–water partition coefficient (Wildman–Crippen LogP) is 4.31. The molecule has 6 heteroatoms. The quantitative estimate of drug-likeness (QED) is 0.707. The fraction of sp³-hybridized carbons (Fsp3) is 0.200. The van der Waals surface area contributed by atoms with Crippen molar-refractivity contribution in [3.05, 3.63) is 76.2 Å². The number of fused-ring (bicyclic) bond motifs is 1. The first-order valence-corrected chi connectivity index (χ1v) is 9.42. The number of carbonyl (C=O) groups is 1. The van der Waals surface area contributed by atoms with E-state index in [2.05, 4.69) is 10.3 Å². The molecule has 0 spiro atoms. The van der Waals surface area contributed by atoms with Gasteiger partial charge in [0.05, 0.1) is 24.4 Å². The summed E-state index contributed by atoms with van der Waals surface area (Å²) in [6.45, 7) is 3.15. The van der Waals surface area contributed by atoms with Gasteiger partial charge in [-0.3, -0.25) is 9.78 Å². The van der Waals surface area contributed by atoms with Gasteiger partial charge in [-0.1, -0.05) is 6.07 Å². The summed E-state index contributed by atoms with van der Waals surface area (Å²) in [5.74, 6) is 0.833. The van der Waals surface area contributed by atoms with Crippen molar-refractivity contribution < 1.29 is 9.53 Å². The molecule has 132 valence electrons. The monoisotopic (exact) mass is 365 g/mol. The molecule has 1 amide bonds. The number of ether oxygens (including phenoxy) is 1. The van der Waals surface area contributed by atoms with E-state index in [-0.39, 0.29) is 12.1 Å². The first kappa shape index (κ1) is 16.6. The van der Waals surface area contributed by atoms with Crippen molar-refractivity contribution in [2.45, 2.75) is 19.6 Å². The number of hydrogen-bond acceptors (Lipinski definition) is 5. The second kappa shape index (κ2) is 7.17. The number of benzene rings is 1. The summed E-state index contributed by atoms with van der Waals surface area (Å²) in [5.41, 5.74) is 2.34. The number of rotatable bonds is 6. The third-order valence-corrected chi connectivity index (χ3v) is 5.14. The SMILES string of the molecule is CCOc1ccc(N[C@H]2c3ncccc3C(=O)N2Cc2cccs2)cc1. The molecule has 3 heterocycles. The molecule has 1 N–H and O–H groups in total. The Morgan fingerprint density at radius 2 is 2.04 bits per heavy atom. The van der Waals surface area contributed by atoms with Gasteiger partial charge in [-0.2, -0.15) is 0 Å². The highest BCUT2D eigenvalue weighted by Crippen LogP contribution is 2.34. The fourth-order valence-electron chi connectivity index (χ4n) is 3.09. The Balaban J connectivity index is 1.62. The van der Waals surface area contributed by atoms with Crippen molar-refractivity contribution in [1.29, 1.82) is 0 Å². The lowest BCUT2D eigenvalue weighted by Crippen LogP contribution is -2.31. The van der Waals surface area contributed by atoms with Crippen molar-refractivity contribution in [2.75, 3.05) is 11.9 Å². The summed E-state index contributed by atoms with van der Waals surface area (Å²) in [6.07, 6.45) is 1.44. The van der Waals surface area contributed by atoms with E-state index < -0.39 is 0 Å². The zero-order valence-corrected chi connectivity index (χ0v) is 15.2. The van der Waals surface area contributed by atoms with Crippen molar-refractivity contribution in [3.63, 3.8) is 0 Å². The lowest BCUT2D eigenvalue weighted by atomic mass is 10.2. The number of carbonyl (C=O) groups excluding carboxylic acids is 1. The Bertz CT molecular complexity index is 894. The van der Waals surface area contributed by atoms with E-state index in [0.717, 1.165) is 22.0 Å². The second-order valence-electron chi connectivity index (χ2n) is 5.95. The van der Waals surface area contributed by atoms with Gasteiger partial charge >= 0.3 is 0 Å². The topological polar surface area (TPSA) is 54.5 Å². The number of aromatic nitrogens is 1. The second-order valence-corrected chi connectivity index (χ2v) is 6.99. The molecule has 5 nitrogen and oxygen atoms in total. The number of amides is 1. The molecule has 26 heavy (non-hydrogen) atoms. The number of nitrogens with one attached hydrogen (secondary N) is 1. The van der Waals surface area contributed by atoms with E-state index in [9.17, 15) is 4.79 Å². The largest absolute Gasteiger partial charge is 0.494 e. The van der Waals surface area contributed by atoms with Crippen LogP contribution in [0.1, 0.15) is 34.0 Å². The fourth-order valence-corrected chi connectivity index (χ4v) is 3.79. The van der Waals surface area contributed by atoms with E-state index in [1.807, 2.05) is 59.7 Å². The Morgan fingerprint density at radius 1 is 1.19 bits per heavy atom. The van der Waals surface area contributed by atoms with Crippen molar-refractivity contribution in [3.8, 4) is 5.75 Å². The molecule has 4 rings (SSSR count). The summed E-state index contributed by atoms with van der Waals surface area (Å²) in [5, 5.41) is 5.47. The third-order valence-electron chi connectivity index (χ3n) is 4.28. The highest BCUT2D eigenvalue weighted by Gasteiger charge is 2.38. The van der Waals surface area contributed by atoms with Gasteiger partial charge in [0.2, 0.25) is 0 Å². The van der Waals surface area contributed by atoms with Crippen LogP contribution >= 0.6 is 11.3 Å². The first-order valence-electron chi connectivity index (χ1n) is 8.54. The number of anilines is 1. The first-order chi connectivity index (χ1) is 12.8. The molecule has 0 saturated carbocycles. The number of pyridine rings is 1. The molecule has 1 atom stereocenters. The summed E-state index contributed by atoms with van der Waals surface area (Å²) in [7, 11) is 0. The van der Waals surface area contributed by atoms with Crippen LogP contribution in [0.15, 0.2) is 60.1 Å². The van der Waals surface area contributed by atoms with Gasteiger partial charge in [0.25, 0.3) is 5.91 Å². The van der Waals surface area contributed by atoms with Crippen LogP contribution in [-0.2, 0) is 6.54 Å². The maximum atomic E-state index is 12.9. The zero-order valence-electron chi connectivity index (χ0n) is 14.4. The smallest absolute Gasteiger partial charge is 0.258 e. The van der Waals surface area contributed by atoms with Crippen LogP contribution in [0.25, 0.3) is 0 Å². The number of nitrogens with zero attached hydrogens (tertiary/aromatic N) is 2. The average molecular weight is 365 g/mol. The van der Waals surface area contributed by atoms with E-state index in [0.29, 0.717) is 18.7 Å². The lowest BCUT2D eigenvalue weighted by molar-refractivity contribution is 0.0729. The Hall–Kier alpha value is -2.86. The molecule has 0 unspecified atom stereocenters. The molecule has 0 fully saturated rings. The van der Waals surface area contributed by atoms with Crippen LogP contribution in [0.4, 0.5) is 5.69 Å². The molecule has 1 aliphatic rings. The normalized spacial score (nSPS) is 15.8. The van der Waals surface area contributed by atoms with Gasteiger partial charge in [0.1, 0.15) is 11.9 Å². The van der Waals surface area contributed by atoms with Crippen LogP contribution in [0.5, 0.6) is 5.75 Å². The van der Waals surface area contributed by atoms with Gasteiger partial charge in [0.15, 0.2) is 0 Å². The van der Waals surface area contributed by atoms with Crippen LogP contribution in [0, 0.1) is 0 Å². The van der Waals surface area contributed by atoms with E-state index in [4.69, 9.17) is 4.74 Å². The molecular weight excluding hydrogens is 346 g/mol. The highest BCUT2D eigenvalue weighted by atomic mass is 32.1. The minimum Gasteiger partial charge on any atom is -0.494 e. The standard InChI is InChI=1S/C20H19N3O2S/c1-2-25-15-9-7-14(8-10-15)22-19-18-17(6-3-11-21-18)20(24)23(19)13-16-5-4-12-26-16/h3-12,19,22H,2,13H2,1H3/t19-/m1/s1. The maximum Gasteiger partial charge on any atom is 0.258 e. The summed E-state index contributed by atoms with van der Waals surface area (Å²) in [6, 6.07) is 15.4. The van der Waals surface area contributed by atoms with Gasteiger partial charge < -0.3 is 15.0 Å². The van der Waals surface area contributed by atoms with Crippen LogP contribution in [0.3, 0.4) is 0 Å². The van der Waals surface area contributed by atoms with Gasteiger partial charge in [-0.15, -0.1) is 11.3 Å². The van der Waals surface area contributed by atoms with Gasteiger partial charge in [-0.25, -0.2) is 0 Å². The van der Waals surface area contributed by atoms with Crippen molar-refractivity contribution in [2.24, 2.45) is 0 Å². The average Bonchev–Trinajstić information content (AvgIpc) is 3.27. The van der Waals surface area contributed by atoms with E-state index >= 15 is 0 Å². The summed E-state index contributed by atoms with van der Waals surface area (Å²) in [4.78, 5) is 20.3. The molecule has 0 radical (unpaired) electrons. The third kappa shape index (κ3) is 3.15. The molecule has 0 aliphatic carbocycles. The molecule has 1 aromatic carbocycles. The Kier molecular flexibility index (Phi) is 4.58. The van der Waals surface area contributed by atoms with E-state index in [1.165, 1.54) is 0 Å². The van der Waals surface area contributed by atoms with Crippen molar-refractivity contribution in [1.82, 2.24) is 9.88 Å². The van der Waals surface area contributed by atoms with Crippen LogP contribution in [0.2, 0.25) is 0 Å². The maximum absolute atomic E-state index is 12.9. The number of hydrogen-bond donors (Lipinski definition) is 1. The zero-order chi connectivity index (χ0) is 17.9. The molecule has 3 aromatic rings. The minimum atomic E-state index is -0.293.